The predicted octanol–water partition coefficient (Wildman–Crippen LogP) is 7.13. The van der Waals surface area contributed by atoms with Crippen molar-refractivity contribution in [3.05, 3.63) is 141 Å². The Morgan fingerprint density at radius 1 is 0.850 bits per heavy atom. The molecule has 8 heteroatoms. The number of ketones is 2. The number of rotatable bonds is 8. The number of carbonyl (C=O) groups is 2. The lowest BCUT2D eigenvalue weighted by Gasteiger charge is -2.14. The van der Waals surface area contributed by atoms with E-state index in [0.29, 0.717) is 44.9 Å². The lowest BCUT2D eigenvalue weighted by Crippen LogP contribution is -2.10. The van der Waals surface area contributed by atoms with Crippen molar-refractivity contribution in [1.82, 2.24) is 15.0 Å². The van der Waals surface area contributed by atoms with E-state index >= 15 is 0 Å². The Kier molecular flexibility index (Phi) is 6.84. The van der Waals surface area contributed by atoms with Gasteiger partial charge in [0.05, 0.1) is 28.4 Å². The van der Waals surface area contributed by atoms with Crippen LogP contribution in [0.5, 0.6) is 5.75 Å². The van der Waals surface area contributed by atoms with Gasteiger partial charge in [-0.15, -0.1) is 5.10 Å². The van der Waals surface area contributed by atoms with Crippen LogP contribution in [0.4, 0.5) is 0 Å². The Labute approximate surface area is 238 Å². The first-order valence-corrected chi connectivity index (χ1v) is 13.3. The van der Waals surface area contributed by atoms with Gasteiger partial charge in [0.2, 0.25) is 0 Å². The molecule has 0 saturated carbocycles. The van der Waals surface area contributed by atoms with Gasteiger partial charge >= 0.3 is 0 Å². The second-order valence-corrected chi connectivity index (χ2v) is 10.1. The van der Waals surface area contributed by atoms with Crippen LogP contribution in [0.2, 0.25) is 0 Å². The molecule has 2 aromatic heterocycles. The maximum atomic E-state index is 13.8. The Balaban J connectivity index is 1.43. The zero-order valence-electron chi connectivity index (χ0n) is 21.4. The third-order valence-electron chi connectivity index (χ3n) is 6.44. The molecule has 0 aliphatic carbocycles. The van der Waals surface area contributed by atoms with Crippen molar-refractivity contribution in [3.8, 4) is 11.4 Å². The van der Waals surface area contributed by atoms with E-state index in [4.69, 9.17) is 9.15 Å². The number of hydrogen-bond donors (Lipinski definition) is 0. The highest BCUT2D eigenvalue weighted by atomic mass is 79.9. The molecule has 196 valence electrons. The third kappa shape index (κ3) is 4.97. The summed E-state index contributed by atoms with van der Waals surface area (Å²) in [4.78, 5) is 27.4. The Morgan fingerprint density at radius 3 is 2.12 bits per heavy atom. The van der Waals surface area contributed by atoms with Gasteiger partial charge in [0.1, 0.15) is 29.4 Å². The molecule has 0 bridgehead atoms. The molecule has 0 saturated heterocycles. The fourth-order valence-corrected chi connectivity index (χ4v) is 4.78. The second kappa shape index (κ2) is 10.7. The fourth-order valence-electron chi connectivity index (χ4n) is 4.52. The number of aromatic nitrogens is 3. The Hall–Kier alpha value is -4.82. The van der Waals surface area contributed by atoms with Gasteiger partial charge in [-0.25, -0.2) is 4.68 Å². The summed E-state index contributed by atoms with van der Waals surface area (Å²) in [5.74, 6) is 0.402. The van der Waals surface area contributed by atoms with Crippen molar-refractivity contribution in [2.24, 2.45) is 0 Å². The number of nitrogens with zero attached hydrogens (tertiary/aromatic N) is 3. The highest BCUT2D eigenvalue weighted by molar-refractivity contribution is 9.10. The molecule has 0 amide bonds. The van der Waals surface area contributed by atoms with Gasteiger partial charge in [0.25, 0.3) is 0 Å². The van der Waals surface area contributed by atoms with Crippen LogP contribution in [-0.2, 0) is 6.61 Å². The maximum Gasteiger partial charge on any atom is 0.196 e. The highest BCUT2D eigenvalue weighted by Gasteiger charge is 2.26. The third-order valence-corrected chi connectivity index (χ3v) is 6.96. The first-order valence-electron chi connectivity index (χ1n) is 12.5. The smallest absolute Gasteiger partial charge is 0.196 e. The lowest BCUT2D eigenvalue weighted by atomic mass is 9.94. The number of ether oxygens (including phenoxy) is 1. The molecule has 2 heterocycles. The molecule has 6 rings (SSSR count). The summed E-state index contributed by atoms with van der Waals surface area (Å²) >= 11 is 3.44. The summed E-state index contributed by atoms with van der Waals surface area (Å²) in [5.41, 5.74) is 3.31. The van der Waals surface area contributed by atoms with Crippen molar-refractivity contribution >= 4 is 38.5 Å². The van der Waals surface area contributed by atoms with Crippen LogP contribution in [0.1, 0.15) is 43.3 Å². The number of aryl methyl sites for hydroxylation is 1. The van der Waals surface area contributed by atoms with E-state index in [9.17, 15) is 9.59 Å². The summed E-state index contributed by atoms with van der Waals surface area (Å²) in [7, 11) is 0. The first-order chi connectivity index (χ1) is 19.5. The summed E-state index contributed by atoms with van der Waals surface area (Å²) in [6.45, 7) is 1.85. The second-order valence-electron chi connectivity index (χ2n) is 9.21. The average Bonchev–Trinajstić information content (AvgIpc) is 3.63. The minimum absolute atomic E-state index is 0.0525. The van der Waals surface area contributed by atoms with Crippen molar-refractivity contribution < 1.29 is 18.7 Å². The maximum absolute atomic E-state index is 13.8. The Bertz CT molecular complexity index is 1840. The van der Waals surface area contributed by atoms with Gasteiger partial charge in [-0.1, -0.05) is 81.8 Å². The van der Waals surface area contributed by atoms with Crippen molar-refractivity contribution in [1.29, 1.82) is 0 Å². The molecule has 7 nitrogen and oxygen atoms in total. The van der Waals surface area contributed by atoms with E-state index in [1.807, 2.05) is 36.4 Å². The quantitative estimate of drug-likeness (QED) is 0.175. The SMILES string of the molecule is Cc1cc2c(OCc3cn(-c4ccc(Br)cc4)nn3)c(C(=O)c3ccccc3)cc(C(=O)c3ccccc3)c2o1. The van der Waals surface area contributed by atoms with Gasteiger partial charge in [-0.2, -0.15) is 0 Å². The predicted molar refractivity (Wildman–Crippen MR) is 154 cm³/mol. The van der Waals surface area contributed by atoms with Crippen molar-refractivity contribution in [3.63, 3.8) is 0 Å². The van der Waals surface area contributed by atoms with E-state index in [1.54, 1.807) is 78.5 Å². The van der Waals surface area contributed by atoms with Crippen LogP contribution in [0.3, 0.4) is 0 Å². The molecule has 4 aromatic carbocycles. The number of halogens is 1. The number of hydrogen-bond acceptors (Lipinski definition) is 6. The van der Waals surface area contributed by atoms with Crippen LogP contribution >= 0.6 is 15.9 Å². The van der Waals surface area contributed by atoms with E-state index in [-0.39, 0.29) is 23.7 Å². The standard InChI is InChI=1S/C32H22BrN3O4/c1-20-16-28-31(39-19-24-18-36(35-34-24)25-14-12-23(33)13-15-25)26(29(37)21-8-4-2-5-9-21)17-27(32(28)40-20)30(38)22-10-6-3-7-11-22/h2-18H,19H2,1H3. The fraction of sp³-hybridized carbons (Fsp3) is 0.0625. The lowest BCUT2D eigenvalue weighted by molar-refractivity contribution is 0.103. The summed E-state index contributed by atoms with van der Waals surface area (Å²) in [5, 5.41) is 9.00. The molecule has 0 fully saturated rings. The van der Waals surface area contributed by atoms with Crippen LogP contribution in [0, 0.1) is 6.92 Å². The molecule has 0 N–H and O–H groups in total. The number of carbonyl (C=O) groups excluding carboxylic acids is 2. The van der Waals surface area contributed by atoms with E-state index in [1.165, 1.54) is 0 Å². The molecular formula is C32H22BrN3O4. The number of furan rings is 1. The molecule has 0 unspecified atom stereocenters. The van der Waals surface area contributed by atoms with Gasteiger partial charge < -0.3 is 9.15 Å². The normalized spacial score (nSPS) is 11.1. The number of benzene rings is 4. The molecular weight excluding hydrogens is 570 g/mol. The Morgan fingerprint density at radius 2 is 1.48 bits per heavy atom. The van der Waals surface area contributed by atoms with Crippen molar-refractivity contribution in [2.45, 2.75) is 13.5 Å². The summed E-state index contributed by atoms with van der Waals surface area (Å²) in [6, 6.07) is 28.9. The molecule has 0 radical (unpaired) electrons. The zero-order valence-corrected chi connectivity index (χ0v) is 23.0. The van der Waals surface area contributed by atoms with Gasteiger partial charge in [-0.3, -0.25) is 9.59 Å². The van der Waals surface area contributed by atoms with E-state index < -0.39 is 0 Å². The van der Waals surface area contributed by atoms with Gasteiger partial charge in [0.15, 0.2) is 11.6 Å². The van der Waals surface area contributed by atoms with Gasteiger partial charge in [0, 0.05) is 15.6 Å². The van der Waals surface area contributed by atoms with Crippen LogP contribution < -0.4 is 4.74 Å². The first kappa shape index (κ1) is 25.5. The topological polar surface area (TPSA) is 87.2 Å². The largest absolute Gasteiger partial charge is 0.486 e. The van der Waals surface area contributed by atoms with Crippen LogP contribution in [-0.4, -0.2) is 26.6 Å². The summed E-state index contributed by atoms with van der Waals surface area (Å²) in [6.07, 6.45) is 1.77. The monoisotopic (exact) mass is 591 g/mol. The summed E-state index contributed by atoms with van der Waals surface area (Å²) < 4.78 is 14.9. The molecule has 0 aliphatic heterocycles. The van der Waals surface area contributed by atoms with Crippen molar-refractivity contribution in [2.75, 3.05) is 0 Å². The van der Waals surface area contributed by atoms with Crippen LogP contribution in [0.15, 0.2) is 112 Å². The molecule has 40 heavy (non-hydrogen) atoms. The van der Waals surface area contributed by atoms with E-state index in [0.717, 1.165) is 10.2 Å². The average molecular weight is 592 g/mol. The molecule has 0 atom stereocenters. The minimum atomic E-state index is -0.267. The van der Waals surface area contributed by atoms with Crippen LogP contribution in [0.25, 0.3) is 16.7 Å². The van der Waals surface area contributed by atoms with E-state index in [2.05, 4.69) is 26.2 Å². The minimum Gasteiger partial charge on any atom is -0.486 e. The molecule has 0 aliphatic rings. The number of fused-ring (bicyclic) bond motifs is 1. The van der Waals surface area contributed by atoms with Gasteiger partial charge in [-0.05, 0) is 43.3 Å². The zero-order chi connectivity index (χ0) is 27.6. The highest BCUT2D eigenvalue weighted by Crippen LogP contribution is 2.37. The molecule has 6 aromatic rings. The molecule has 0 spiro atoms.